The summed E-state index contributed by atoms with van der Waals surface area (Å²) in [6.07, 6.45) is 2.76. The second-order valence-corrected chi connectivity index (χ2v) is 5.97. The number of aromatic nitrogens is 4. The van der Waals surface area contributed by atoms with E-state index >= 15 is 0 Å². The fourth-order valence-electron chi connectivity index (χ4n) is 2.50. The molecule has 0 unspecified atom stereocenters. The minimum atomic E-state index is -0.515. The van der Waals surface area contributed by atoms with Crippen molar-refractivity contribution in [3.05, 3.63) is 62.0 Å². The average molecular weight is 375 g/mol. The molecule has 2 heterocycles. The van der Waals surface area contributed by atoms with Crippen molar-refractivity contribution < 1.29 is 4.79 Å². The lowest BCUT2D eigenvalue weighted by atomic mass is 10.2. The Morgan fingerprint density at radius 3 is 2.73 bits per heavy atom. The lowest BCUT2D eigenvalue weighted by Crippen LogP contribution is -2.37. The molecule has 3 rings (SSSR count). The SMILES string of the molecule is Cn1c(=O)c2ncn(CC(=O)N/N=C/c3ccccc3Cl)c2n(C)c1=O. The first-order valence-electron chi connectivity index (χ1n) is 7.57. The molecule has 0 aliphatic carbocycles. The van der Waals surface area contributed by atoms with Gasteiger partial charge in [-0.05, 0) is 6.07 Å². The number of nitrogens with one attached hydrogen (secondary N) is 1. The molecule has 0 aliphatic heterocycles. The molecule has 0 spiro atoms. The van der Waals surface area contributed by atoms with E-state index in [1.165, 1.54) is 35.8 Å². The summed E-state index contributed by atoms with van der Waals surface area (Å²) in [4.78, 5) is 40.3. The summed E-state index contributed by atoms with van der Waals surface area (Å²) in [7, 11) is 2.88. The summed E-state index contributed by atoms with van der Waals surface area (Å²) in [6, 6.07) is 7.06. The van der Waals surface area contributed by atoms with Crippen molar-refractivity contribution in [3.63, 3.8) is 0 Å². The van der Waals surface area contributed by atoms with Crippen LogP contribution >= 0.6 is 11.6 Å². The number of imidazole rings is 1. The predicted octanol–water partition coefficient (Wildman–Crippen LogP) is 0.237. The number of hydrogen-bond acceptors (Lipinski definition) is 5. The van der Waals surface area contributed by atoms with Crippen molar-refractivity contribution in [2.24, 2.45) is 19.2 Å². The molecule has 1 aromatic carbocycles. The maximum Gasteiger partial charge on any atom is 0.332 e. The summed E-state index contributed by atoms with van der Waals surface area (Å²) in [5, 5.41) is 4.37. The van der Waals surface area contributed by atoms with E-state index in [2.05, 4.69) is 15.5 Å². The molecule has 10 heteroatoms. The second-order valence-electron chi connectivity index (χ2n) is 5.57. The number of carbonyl (C=O) groups is 1. The van der Waals surface area contributed by atoms with Gasteiger partial charge in [0.1, 0.15) is 12.2 Å². The van der Waals surface area contributed by atoms with Gasteiger partial charge in [-0.2, -0.15) is 5.10 Å². The maximum atomic E-state index is 12.1. The molecule has 0 atom stereocenters. The molecule has 0 bridgehead atoms. The molecular weight excluding hydrogens is 360 g/mol. The Kier molecular flexibility index (Phi) is 4.72. The molecule has 0 aliphatic rings. The van der Waals surface area contributed by atoms with Crippen LogP contribution in [0.3, 0.4) is 0 Å². The highest BCUT2D eigenvalue weighted by Crippen LogP contribution is 2.12. The van der Waals surface area contributed by atoms with Gasteiger partial charge in [-0.15, -0.1) is 0 Å². The number of fused-ring (bicyclic) bond motifs is 1. The topological polar surface area (TPSA) is 103 Å². The Morgan fingerprint density at radius 1 is 1.27 bits per heavy atom. The lowest BCUT2D eigenvalue weighted by molar-refractivity contribution is -0.121. The van der Waals surface area contributed by atoms with Gasteiger partial charge in [0.05, 0.1) is 12.5 Å². The van der Waals surface area contributed by atoms with E-state index in [9.17, 15) is 14.4 Å². The molecule has 9 nitrogen and oxygen atoms in total. The van der Waals surface area contributed by atoms with Crippen molar-refractivity contribution in [2.75, 3.05) is 0 Å². The van der Waals surface area contributed by atoms with Crippen molar-refractivity contribution in [3.8, 4) is 0 Å². The number of nitrogens with zero attached hydrogens (tertiary/aromatic N) is 5. The van der Waals surface area contributed by atoms with E-state index in [0.717, 1.165) is 4.57 Å². The van der Waals surface area contributed by atoms with Crippen LogP contribution in [0.1, 0.15) is 5.56 Å². The summed E-state index contributed by atoms with van der Waals surface area (Å²) >= 11 is 6.00. The Balaban J connectivity index is 1.81. The molecule has 1 N–H and O–H groups in total. The summed E-state index contributed by atoms with van der Waals surface area (Å²) in [5.41, 5.74) is 2.40. The van der Waals surface area contributed by atoms with Crippen LogP contribution in [0.25, 0.3) is 11.2 Å². The fraction of sp³-hybridized carbons (Fsp3) is 0.188. The number of benzene rings is 1. The number of halogens is 1. The van der Waals surface area contributed by atoms with Crippen LogP contribution in [0.2, 0.25) is 5.02 Å². The Morgan fingerprint density at radius 2 is 2.00 bits per heavy atom. The van der Waals surface area contributed by atoms with Crippen LogP contribution in [-0.4, -0.2) is 30.8 Å². The molecule has 2 aromatic heterocycles. The van der Waals surface area contributed by atoms with Gasteiger partial charge in [-0.3, -0.25) is 18.7 Å². The largest absolute Gasteiger partial charge is 0.332 e. The first-order chi connectivity index (χ1) is 12.4. The second kappa shape index (κ2) is 6.96. The van der Waals surface area contributed by atoms with E-state index in [1.807, 2.05) is 0 Å². The number of hydrazone groups is 1. The minimum absolute atomic E-state index is 0.113. The first-order valence-corrected chi connectivity index (χ1v) is 7.95. The fourth-order valence-corrected chi connectivity index (χ4v) is 2.68. The normalized spacial score (nSPS) is 11.3. The van der Waals surface area contributed by atoms with Crippen LogP contribution in [0.5, 0.6) is 0 Å². The van der Waals surface area contributed by atoms with Crippen LogP contribution in [0.4, 0.5) is 0 Å². The van der Waals surface area contributed by atoms with Crippen molar-refractivity contribution >= 4 is 34.9 Å². The molecule has 3 aromatic rings. The molecule has 134 valence electrons. The molecule has 26 heavy (non-hydrogen) atoms. The zero-order valence-corrected chi connectivity index (χ0v) is 14.8. The van der Waals surface area contributed by atoms with Crippen LogP contribution < -0.4 is 16.7 Å². The molecular formula is C16H15ClN6O3. The first kappa shape index (κ1) is 17.6. The van der Waals surface area contributed by atoms with Crippen LogP contribution in [0.15, 0.2) is 45.3 Å². The number of rotatable bonds is 4. The number of hydrogen-bond donors (Lipinski definition) is 1. The highest BCUT2D eigenvalue weighted by Gasteiger charge is 2.15. The highest BCUT2D eigenvalue weighted by atomic mass is 35.5. The van der Waals surface area contributed by atoms with Gasteiger partial charge in [0.2, 0.25) is 0 Å². The number of carbonyl (C=O) groups excluding carboxylic acids is 1. The monoisotopic (exact) mass is 374 g/mol. The van der Waals surface area contributed by atoms with Gasteiger partial charge < -0.3 is 4.57 Å². The van der Waals surface area contributed by atoms with Gasteiger partial charge >= 0.3 is 5.69 Å². The van der Waals surface area contributed by atoms with Crippen LogP contribution in [0, 0.1) is 0 Å². The molecule has 0 saturated carbocycles. The summed E-state index contributed by atoms with van der Waals surface area (Å²) < 4.78 is 3.65. The van der Waals surface area contributed by atoms with Crippen molar-refractivity contribution in [2.45, 2.75) is 6.54 Å². The minimum Gasteiger partial charge on any atom is -0.307 e. The van der Waals surface area contributed by atoms with E-state index in [-0.39, 0.29) is 17.7 Å². The molecule has 0 saturated heterocycles. The van der Waals surface area contributed by atoms with E-state index in [0.29, 0.717) is 10.6 Å². The van der Waals surface area contributed by atoms with Gasteiger partial charge in [0.25, 0.3) is 11.5 Å². The highest BCUT2D eigenvalue weighted by molar-refractivity contribution is 6.33. The quantitative estimate of drug-likeness (QED) is 0.521. The third-order valence-corrected chi connectivity index (χ3v) is 4.17. The Labute approximate surface area is 152 Å². The van der Waals surface area contributed by atoms with Gasteiger partial charge in [0, 0.05) is 24.7 Å². The lowest BCUT2D eigenvalue weighted by Gasteiger charge is -2.07. The molecule has 0 fully saturated rings. The zero-order valence-electron chi connectivity index (χ0n) is 14.0. The predicted molar refractivity (Wildman–Crippen MR) is 97.4 cm³/mol. The van der Waals surface area contributed by atoms with Gasteiger partial charge in [0.15, 0.2) is 5.52 Å². The van der Waals surface area contributed by atoms with Crippen LogP contribution in [-0.2, 0) is 25.4 Å². The summed E-state index contributed by atoms with van der Waals surface area (Å²) in [6.45, 7) is -0.156. The Hall–Kier alpha value is -3.20. The van der Waals surface area contributed by atoms with Gasteiger partial charge in [-0.25, -0.2) is 15.2 Å². The zero-order chi connectivity index (χ0) is 18.8. The Bertz CT molecular complexity index is 1140. The standard InChI is InChI=1S/C16H15ClN6O3/c1-21-14-13(15(25)22(2)16(21)26)18-9-23(14)8-12(24)20-19-7-10-5-3-4-6-11(10)17/h3-7,9H,8H2,1-2H3,(H,20,24)/b19-7+. The third kappa shape index (κ3) is 3.16. The van der Waals surface area contributed by atoms with Gasteiger partial charge in [-0.1, -0.05) is 29.8 Å². The molecule has 0 radical (unpaired) electrons. The van der Waals surface area contributed by atoms with E-state index < -0.39 is 17.2 Å². The van der Waals surface area contributed by atoms with E-state index in [4.69, 9.17) is 11.6 Å². The molecule has 1 amide bonds. The number of aryl methyl sites for hydroxylation is 1. The van der Waals surface area contributed by atoms with E-state index in [1.54, 1.807) is 24.3 Å². The number of amides is 1. The van der Waals surface area contributed by atoms with Crippen molar-refractivity contribution in [1.29, 1.82) is 0 Å². The summed E-state index contributed by atoms with van der Waals surface area (Å²) in [5.74, 6) is -0.444. The average Bonchev–Trinajstić information content (AvgIpc) is 3.03. The maximum absolute atomic E-state index is 12.1. The third-order valence-electron chi connectivity index (χ3n) is 3.82. The smallest absolute Gasteiger partial charge is 0.307 e. The van der Waals surface area contributed by atoms with Crippen molar-refractivity contribution in [1.82, 2.24) is 24.1 Å².